The van der Waals surface area contributed by atoms with Crippen LogP contribution >= 0.6 is 0 Å². The molecule has 0 aromatic rings. The van der Waals surface area contributed by atoms with Gasteiger partial charge in [-0.2, -0.15) is 0 Å². The van der Waals surface area contributed by atoms with E-state index in [1.54, 1.807) is 0 Å². The van der Waals surface area contributed by atoms with E-state index < -0.39 is 0 Å². The number of fused-ring (bicyclic) bond motifs is 2. The van der Waals surface area contributed by atoms with E-state index >= 15 is 0 Å². The SMILES string of the molecule is C1COC2CCCCC2OCCOCCOC2CCCCC2OC1. The van der Waals surface area contributed by atoms with Crippen molar-refractivity contribution in [1.82, 2.24) is 0 Å². The third-order valence-corrected chi connectivity index (χ3v) is 5.36. The first-order chi connectivity index (χ1) is 11.9. The van der Waals surface area contributed by atoms with Crippen LogP contribution < -0.4 is 0 Å². The minimum atomic E-state index is 0.232. The molecular weight excluding hydrogens is 308 g/mol. The minimum Gasteiger partial charge on any atom is -0.377 e. The molecule has 1 aliphatic heterocycles. The normalized spacial score (nSPS) is 38.0. The van der Waals surface area contributed by atoms with Crippen LogP contribution in [0.4, 0.5) is 0 Å². The highest BCUT2D eigenvalue weighted by Gasteiger charge is 2.28. The molecule has 0 aromatic carbocycles. The zero-order valence-electron chi connectivity index (χ0n) is 15.0. The highest BCUT2D eigenvalue weighted by Crippen LogP contribution is 2.25. The predicted molar refractivity (Wildman–Crippen MR) is 91.3 cm³/mol. The minimum absolute atomic E-state index is 0.232. The summed E-state index contributed by atoms with van der Waals surface area (Å²) in [7, 11) is 0. The Labute approximate surface area is 146 Å². The van der Waals surface area contributed by atoms with Crippen LogP contribution in [-0.4, -0.2) is 64.1 Å². The van der Waals surface area contributed by atoms with E-state index in [0.717, 1.165) is 45.3 Å². The molecule has 1 heterocycles. The van der Waals surface area contributed by atoms with Gasteiger partial charge in [-0.3, -0.25) is 0 Å². The molecule has 4 unspecified atom stereocenters. The molecular formula is C19H34O5. The van der Waals surface area contributed by atoms with Gasteiger partial charge in [0, 0.05) is 13.2 Å². The number of hydrogen-bond donors (Lipinski definition) is 0. The van der Waals surface area contributed by atoms with Crippen molar-refractivity contribution in [3.63, 3.8) is 0 Å². The highest BCUT2D eigenvalue weighted by atomic mass is 16.6. The van der Waals surface area contributed by atoms with Crippen LogP contribution in [0.2, 0.25) is 0 Å². The third-order valence-electron chi connectivity index (χ3n) is 5.36. The molecule has 2 aliphatic carbocycles. The molecule has 0 amide bonds. The average Bonchev–Trinajstić information content (AvgIpc) is 2.62. The van der Waals surface area contributed by atoms with Crippen LogP contribution in [0, 0.1) is 0 Å². The van der Waals surface area contributed by atoms with E-state index in [9.17, 15) is 0 Å². The molecule has 0 spiro atoms. The molecule has 3 fully saturated rings. The molecule has 3 aliphatic rings. The molecule has 5 heteroatoms. The molecule has 0 aromatic heterocycles. The van der Waals surface area contributed by atoms with Gasteiger partial charge in [0.1, 0.15) is 0 Å². The highest BCUT2D eigenvalue weighted by molar-refractivity contribution is 4.78. The van der Waals surface area contributed by atoms with Crippen molar-refractivity contribution in [2.75, 3.05) is 39.6 Å². The van der Waals surface area contributed by atoms with E-state index in [4.69, 9.17) is 23.7 Å². The van der Waals surface area contributed by atoms with Crippen molar-refractivity contribution >= 4 is 0 Å². The van der Waals surface area contributed by atoms with E-state index in [1.165, 1.54) is 25.7 Å². The van der Waals surface area contributed by atoms with E-state index in [0.29, 0.717) is 26.4 Å². The lowest BCUT2D eigenvalue weighted by Gasteiger charge is -2.33. The Morgan fingerprint density at radius 1 is 0.375 bits per heavy atom. The lowest BCUT2D eigenvalue weighted by molar-refractivity contribution is -0.126. The van der Waals surface area contributed by atoms with Crippen LogP contribution in [0.5, 0.6) is 0 Å². The molecule has 0 radical (unpaired) electrons. The Balaban J connectivity index is 1.48. The van der Waals surface area contributed by atoms with Crippen molar-refractivity contribution in [3.8, 4) is 0 Å². The summed E-state index contributed by atoms with van der Waals surface area (Å²) >= 11 is 0. The second kappa shape index (κ2) is 10.7. The lowest BCUT2D eigenvalue weighted by atomic mass is 9.94. The largest absolute Gasteiger partial charge is 0.377 e. The first kappa shape index (κ1) is 18.6. The maximum atomic E-state index is 6.11. The fourth-order valence-corrected chi connectivity index (χ4v) is 4.04. The van der Waals surface area contributed by atoms with Gasteiger partial charge in [0.2, 0.25) is 0 Å². The van der Waals surface area contributed by atoms with E-state index in [1.807, 2.05) is 0 Å². The average molecular weight is 342 g/mol. The van der Waals surface area contributed by atoms with Gasteiger partial charge in [-0.1, -0.05) is 25.7 Å². The van der Waals surface area contributed by atoms with Crippen LogP contribution in [0.1, 0.15) is 57.8 Å². The Morgan fingerprint density at radius 3 is 1.17 bits per heavy atom. The monoisotopic (exact) mass is 342 g/mol. The van der Waals surface area contributed by atoms with Crippen LogP contribution in [0.25, 0.3) is 0 Å². The van der Waals surface area contributed by atoms with Gasteiger partial charge in [0.05, 0.1) is 50.8 Å². The maximum Gasteiger partial charge on any atom is 0.0837 e. The van der Waals surface area contributed by atoms with Gasteiger partial charge in [0.15, 0.2) is 0 Å². The summed E-state index contributed by atoms with van der Waals surface area (Å²) in [4.78, 5) is 0. The molecule has 1 saturated heterocycles. The van der Waals surface area contributed by atoms with Gasteiger partial charge in [-0.25, -0.2) is 0 Å². The third kappa shape index (κ3) is 5.95. The number of rotatable bonds is 0. The van der Waals surface area contributed by atoms with Crippen molar-refractivity contribution in [1.29, 1.82) is 0 Å². The topological polar surface area (TPSA) is 46.2 Å². The summed E-state index contributed by atoms with van der Waals surface area (Å²) in [5, 5.41) is 0. The lowest BCUT2D eigenvalue weighted by Crippen LogP contribution is -2.37. The van der Waals surface area contributed by atoms with Gasteiger partial charge < -0.3 is 23.7 Å². The zero-order valence-corrected chi connectivity index (χ0v) is 15.0. The molecule has 3 rings (SSSR count). The molecule has 140 valence electrons. The second-order valence-electron chi connectivity index (χ2n) is 7.17. The zero-order chi connectivity index (χ0) is 16.5. The maximum absolute atomic E-state index is 6.11. The standard InChI is InChI=1S/C19H34O5/c1-3-8-18-16(6-1)21-10-5-11-22-17-7-2-4-9-19(17)24-15-13-20-12-14-23-18/h16-19H,1-15H2. The van der Waals surface area contributed by atoms with Crippen molar-refractivity contribution in [2.45, 2.75) is 82.2 Å². The van der Waals surface area contributed by atoms with E-state index in [-0.39, 0.29) is 24.4 Å². The Bertz CT molecular complexity index is 308. The van der Waals surface area contributed by atoms with Crippen molar-refractivity contribution < 1.29 is 23.7 Å². The second-order valence-corrected chi connectivity index (χ2v) is 7.17. The molecule has 0 bridgehead atoms. The fraction of sp³-hybridized carbons (Fsp3) is 1.00. The van der Waals surface area contributed by atoms with Crippen LogP contribution in [0.3, 0.4) is 0 Å². The van der Waals surface area contributed by atoms with Gasteiger partial charge >= 0.3 is 0 Å². The summed E-state index contributed by atoms with van der Waals surface area (Å²) in [5.41, 5.74) is 0. The van der Waals surface area contributed by atoms with Crippen LogP contribution in [0.15, 0.2) is 0 Å². The summed E-state index contributed by atoms with van der Waals surface area (Å²) in [6, 6.07) is 0. The van der Waals surface area contributed by atoms with Crippen molar-refractivity contribution in [2.24, 2.45) is 0 Å². The Kier molecular flexibility index (Phi) is 8.30. The number of ether oxygens (including phenoxy) is 5. The van der Waals surface area contributed by atoms with Crippen molar-refractivity contribution in [3.05, 3.63) is 0 Å². The smallest absolute Gasteiger partial charge is 0.0837 e. The summed E-state index contributed by atoms with van der Waals surface area (Å²) < 4.78 is 29.9. The summed E-state index contributed by atoms with van der Waals surface area (Å²) in [5.74, 6) is 0. The summed E-state index contributed by atoms with van der Waals surface area (Å²) in [6.45, 7) is 4.10. The molecule has 0 N–H and O–H groups in total. The molecule has 24 heavy (non-hydrogen) atoms. The van der Waals surface area contributed by atoms with Gasteiger partial charge in [0.25, 0.3) is 0 Å². The first-order valence-corrected chi connectivity index (χ1v) is 9.97. The summed E-state index contributed by atoms with van der Waals surface area (Å²) in [6.07, 6.45) is 11.3. The number of hydrogen-bond acceptors (Lipinski definition) is 5. The molecule has 2 saturated carbocycles. The van der Waals surface area contributed by atoms with E-state index in [2.05, 4.69) is 0 Å². The van der Waals surface area contributed by atoms with Gasteiger partial charge in [-0.05, 0) is 32.1 Å². The predicted octanol–water partition coefficient (Wildman–Crippen LogP) is 3.10. The molecule has 5 nitrogen and oxygen atoms in total. The Morgan fingerprint density at radius 2 is 0.750 bits per heavy atom. The molecule has 4 atom stereocenters. The first-order valence-electron chi connectivity index (χ1n) is 9.97. The van der Waals surface area contributed by atoms with Gasteiger partial charge in [-0.15, -0.1) is 0 Å². The van der Waals surface area contributed by atoms with Crippen LogP contribution in [-0.2, 0) is 23.7 Å². The fourth-order valence-electron chi connectivity index (χ4n) is 4.04. The quantitative estimate of drug-likeness (QED) is 0.677. The Hall–Kier alpha value is -0.200.